The first-order valence-electron chi connectivity index (χ1n) is 5.47. The molecule has 0 amide bonds. The van der Waals surface area contributed by atoms with Gasteiger partial charge in [-0.05, 0) is 36.1 Å². The van der Waals surface area contributed by atoms with Crippen LogP contribution in [0, 0.1) is 29.6 Å². The fraction of sp³-hybridized carbons (Fsp3) is 0.308. The van der Waals surface area contributed by atoms with Crippen LogP contribution in [0.5, 0.6) is 5.75 Å². The van der Waals surface area contributed by atoms with E-state index in [1.54, 1.807) is 31.2 Å². The van der Waals surface area contributed by atoms with Crippen molar-refractivity contribution in [2.75, 3.05) is 5.43 Å². The van der Waals surface area contributed by atoms with E-state index in [0.29, 0.717) is 5.69 Å². The van der Waals surface area contributed by atoms with E-state index in [4.69, 9.17) is 10.5 Å². The third kappa shape index (κ3) is 2.99. The molecule has 0 aliphatic carbocycles. The lowest BCUT2D eigenvalue weighted by Crippen LogP contribution is -1.99. The summed E-state index contributed by atoms with van der Waals surface area (Å²) in [5, 5.41) is 30.6. The summed E-state index contributed by atoms with van der Waals surface area (Å²) < 4.78 is 0. The SMILES string of the molecule is Cc1cc(O)c(C(C)C)cc1NN=C(C#N)C#N. The molecule has 0 aliphatic heterocycles. The third-order valence-corrected chi connectivity index (χ3v) is 2.50. The second-order valence-electron chi connectivity index (χ2n) is 4.18. The van der Waals surface area contributed by atoms with Gasteiger partial charge >= 0.3 is 0 Å². The van der Waals surface area contributed by atoms with Crippen LogP contribution in [0.25, 0.3) is 0 Å². The second-order valence-corrected chi connectivity index (χ2v) is 4.18. The molecule has 0 aromatic heterocycles. The lowest BCUT2D eigenvalue weighted by Gasteiger charge is -2.12. The van der Waals surface area contributed by atoms with E-state index in [-0.39, 0.29) is 17.4 Å². The first-order chi connectivity index (χ1) is 8.49. The minimum Gasteiger partial charge on any atom is -0.508 e. The van der Waals surface area contributed by atoms with E-state index in [1.165, 1.54) is 0 Å². The molecule has 0 spiro atoms. The predicted molar refractivity (Wildman–Crippen MR) is 69.2 cm³/mol. The van der Waals surface area contributed by atoms with Crippen molar-refractivity contribution >= 4 is 11.4 Å². The van der Waals surface area contributed by atoms with Crippen LogP contribution < -0.4 is 5.43 Å². The van der Waals surface area contributed by atoms with Crippen molar-refractivity contribution in [3.63, 3.8) is 0 Å². The van der Waals surface area contributed by atoms with Gasteiger partial charge in [0.1, 0.15) is 17.9 Å². The maximum Gasteiger partial charge on any atom is 0.237 e. The van der Waals surface area contributed by atoms with Crippen LogP contribution in [-0.4, -0.2) is 10.8 Å². The summed E-state index contributed by atoms with van der Waals surface area (Å²) in [4.78, 5) is 0. The molecule has 0 saturated carbocycles. The molecule has 0 atom stereocenters. The highest BCUT2D eigenvalue weighted by Crippen LogP contribution is 2.31. The number of hydrogen-bond acceptors (Lipinski definition) is 5. The van der Waals surface area contributed by atoms with Crippen LogP contribution in [0.2, 0.25) is 0 Å². The Morgan fingerprint density at radius 3 is 2.44 bits per heavy atom. The van der Waals surface area contributed by atoms with Crippen LogP contribution in [0.4, 0.5) is 5.69 Å². The van der Waals surface area contributed by atoms with E-state index < -0.39 is 0 Å². The number of aryl methyl sites for hydroxylation is 1. The summed E-state index contributed by atoms with van der Waals surface area (Å²) in [6, 6.07) is 6.73. The van der Waals surface area contributed by atoms with Gasteiger partial charge in [-0.2, -0.15) is 15.6 Å². The Hall–Kier alpha value is -2.53. The normalized spacial score (nSPS) is 9.44. The fourth-order valence-electron chi connectivity index (χ4n) is 1.48. The number of aromatic hydroxyl groups is 1. The van der Waals surface area contributed by atoms with Crippen molar-refractivity contribution in [1.82, 2.24) is 0 Å². The molecule has 0 unspecified atom stereocenters. The highest BCUT2D eigenvalue weighted by molar-refractivity contribution is 6.10. The molecular formula is C13H14N4O. The molecule has 0 saturated heterocycles. The topological polar surface area (TPSA) is 92.2 Å². The number of hydrogen-bond donors (Lipinski definition) is 2. The van der Waals surface area contributed by atoms with Crippen molar-refractivity contribution in [1.29, 1.82) is 10.5 Å². The molecule has 5 nitrogen and oxygen atoms in total. The Bertz CT molecular complexity index is 546. The standard InChI is InChI=1S/C13H14N4O/c1-8(2)11-5-12(9(3)4-13(11)18)17-16-10(6-14)7-15/h4-5,8,17-18H,1-3H3. The predicted octanol–water partition coefficient (Wildman–Crippen LogP) is 2.64. The quantitative estimate of drug-likeness (QED) is 0.484. The van der Waals surface area contributed by atoms with Gasteiger partial charge in [0.25, 0.3) is 0 Å². The van der Waals surface area contributed by atoms with Crippen LogP contribution in [-0.2, 0) is 0 Å². The van der Waals surface area contributed by atoms with Gasteiger partial charge in [-0.3, -0.25) is 5.43 Å². The highest BCUT2D eigenvalue weighted by atomic mass is 16.3. The number of rotatable bonds is 3. The Morgan fingerprint density at radius 1 is 1.33 bits per heavy atom. The Labute approximate surface area is 106 Å². The molecule has 0 radical (unpaired) electrons. The molecule has 0 aliphatic rings. The molecule has 18 heavy (non-hydrogen) atoms. The van der Waals surface area contributed by atoms with Crippen LogP contribution in [0.3, 0.4) is 0 Å². The first-order valence-corrected chi connectivity index (χ1v) is 5.47. The number of anilines is 1. The maximum absolute atomic E-state index is 9.79. The second kappa shape index (κ2) is 5.70. The average Bonchev–Trinajstić information content (AvgIpc) is 2.32. The van der Waals surface area contributed by atoms with E-state index >= 15 is 0 Å². The smallest absolute Gasteiger partial charge is 0.237 e. The molecule has 2 N–H and O–H groups in total. The van der Waals surface area contributed by atoms with E-state index in [1.807, 2.05) is 13.8 Å². The molecule has 1 rings (SSSR count). The zero-order valence-corrected chi connectivity index (χ0v) is 10.5. The van der Waals surface area contributed by atoms with Gasteiger partial charge < -0.3 is 5.11 Å². The van der Waals surface area contributed by atoms with Crippen molar-refractivity contribution in [2.45, 2.75) is 26.7 Å². The summed E-state index contributed by atoms with van der Waals surface area (Å²) in [5.41, 5.74) is 4.67. The number of benzene rings is 1. The van der Waals surface area contributed by atoms with E-state index in [0.717, 1.165) is 11.1 Å². The minimum absolute atomic E-state index is 0.168. The molecule has 5 heteroatoms. The molecule has 0 fully saturated rings. The molecule has 1 aromatic rings. The fourth-order valence-corrected chi connectivity index (χ4v) is 1.48. The zero-order chi connectivity index (χ0) is 13.7. The van der Waals surface area contributed by atoms with Gasteiger partial charge in [0.2, 0.25) is 5.71 Å². The van der Waals surface area contributed by atoms with E-state index in [9.17, 15) is 5.11 Å². The molecule has 92 valence electrons. The number of nitrogens with zero attached hydrogens (tertiary/aromatic N) is 3. The van der Waals surface area contributed by atoms with Gasteiger partial charge in [-0.1, -0.05) is 13.8 Å². The minimum atomic E-state index is -0.242. The molecule has 0 bridgehead atoms. The monoisotopic (exact) mass is 242 g/mol. The van der Waals surface area contributed by atoms with Crippen molar-refractivity contribution in [2.24, 2.45) is 5.10 Å². The van der Waals surface area contributed by atoms with Gasteiger partial charge in [-0.15, -0.1) is 0 Å². The summed E-state index contributed by atoms with van der Waals surface area (Å²) in [6.45, 7) is 5.74. The lowest BCUT2D eigenvalue weighted by atomic mass is 9.99. The number of phenolic OH excluding ortho intramolecular Hbond substituents is 1. The summed E-state index contributed by atoms with van der Waals surface area (Å²) in [7, 11) is 0. The number of hydrazone groups is 1. The Kier molecular flexibility index (Phi) is 4.28. The largest absolute Gasteiger partial charge is 0.508 e. The van der Waals surface area contributed by atoms with Crippen molar-refractivity contribution in [3.8, 4) is 17.9 Å². The summed E-state index contributed by atoms with van der Waals surface area (Å²) in [6.07, 6.45) is 0. The van der Waals surface area contributed by atoms with Gasteiger partial charge in [-0.25, -0.2) is 0 Å². The number of nitriles is 2. The summed E-state index contributed by atoms with van der Waals surface area (Å²) in [5.74, 6) is 0.402. The molecule has 0 heterocycles. The van der Waals surface area contributed by atoms with Crippen molar-refractivity contribution < 1.29 is 5.11 Å². The van der Waals surface area contributed by atoms with Gasteiger partial charge in [0, 0.05) is 0 Å². The lowest BCUT2D eigenvalue weighted by molar-refractivity contribution is 0.464. The van der Waals surface area contributed by atoms with Gasteiger partial charge in [0.15, 0.2) is 0 Å². The average molecular weight is 242 g/mol. The molecule has 1 aromatic carbocycles. The van der Waals surface area contributed by atoms with Crippen LogP contribution >= 0.6 is 0 Å². The Morgan fingerprint density at radius 2 is 1.94 bits per heavy atom. The maximum atomic E-state index is 9.79. The Balaban J connectivity index is 3.12. The summed E-state index contributed by atoms with van der Waals surface area (Å²) >= 11 is 0. The van der Waals surface area contributed by atoms with E-state index in [2.05, 4.69) is 10.5 Å². The van der Waals surface area contributed by atoms with Crippen LogP contribution in [0.15, 0.2) is 17.2 Å². The van der Waals surface area contributed by atoms with Crippen molar-refractivity contribution in [3.05, 3.63) is 23.3 Å². The number of phenols is 1. The van der Waals surface area contributed by atoms with Gasteiger partial charge in [0.05, 0.1) is 5.69 Å². The number of nitrogens with one attached hydrogen (secondary N) is 1. The van der Waals surface area contributed by atoms with Crippen LogP contribution in [0.1, 0.15) is 30.9 Å². The first kappa shape index (κ1) is 13.5. The zero-order valence-electron chi connectivity index (χ0n) is 10.5. The highest BCUT2D eigenvalue weighted by Gasteiger charge is 2.09. The third-order valence-electron chi connectivity index (χ3n) is 2.50. The molecular weight excluding hydrogens is 228 g/mol.